The van der Waals surface area contributed by atoms with Crippen molar-refractivity contribution >= 4 is 23.0 Å². The molecule has 0 aliphatic rings. The maximum Gasteiger partial charge on any atom is 0.272 e. The Bertz CT molecular complexity index is 1500. The van der Waals surface area contributed by atoms with Gasteiger partial charge in [0.2, 0.25) is 0 Å². The van der Waals surface area contributed by atoms with E-state index in [0.29, 0.717) is 5.56 Å². The molecule has 2 aromatic heterocycles. The molecule has 0 radical (unpaired) electrons. The lowest BCUT2D eigenvalue weighted by molar-refractivity contribution is 0.0956. The number of nitrogens with zero attached hydrogens (tertiary/aromatic N) is 4. The molecule has 5 aromatic rings. The minimum Gasteiger partial charge on any atom is -0.267 e. The second-order valence-corrected chi connectivity index (χ2v) is 7.97. The Hall–Kier alpha value is -4.58. The maximum atomic E-state index is 13.2. The van der Waals surface area contributed by atoms with E-state index in [1.165, 1.54) is 0 Å². The van der Waals surface area contributed by atoms with Gasteiger partial charge in [0.15, 0.2) is 0 Å². The average Bonchev–Trinajstić information content (AvgIpc) is 3.17. The van der Waals surface area contributed by atoms with E-state index in [9.17, 15) is 4.79 Å². The van der Waals surface area contributed by atoms with Crippen LogP contribution in [0.5, 0.6) is 0 Å². The number of aromatic nitrogens is 3. The van der Waals surface area contributed by atoms with Crippen LogP contribution in [0.3, 0.4) is 0 Å². The van der Waals surface area contributed by atoms with Crippen LogP contribution in [0.25, 0.3) is 27.8 Å². The molecule has 3 aromatic carbocycles. The van der Waals surface area contributed by atoms with Crippen LogP contribution in [0.4, 0.5) is 0 Å². The normalized spacial score (nSPS) is 11.2. The number of nitrogens with one attached hydrogen (secondary N) is 1. The fourth-order valence-electron chi connectivity index (χ4n) is 4.00. The summed E-state index contributed by atoms with van der Waals surface area (Å²) in [6.45, 7) is 3.91. The van der Waals surface area contributed by atoms with Gasteiger partial charge in [-0.2, -0.15) is 10.2 Å². The average molecular weight is 446 g/mol. The highest BCUT2D eigenvalue weighted by atomic mass is 16.2. The second-order valence-electron chi connectivity index (χ2n) is 7.97. The summed E-state index contributed by atoms with van der Waals surface area (Å²) in [7, 11) is 0. The zero-order valence-corrected chi connectivity index (χ0v) is 18.9. The Labute approximate surface area is 197 Å². The fraction of sp³-hybridized carbons (Fsp3) is 0.0714. The highest BCUT2D eigenvalue weighted by Crippen LogP contribution is 2.25. The van der Waals surface area contributed by atoms with Crippen molar-refractivity contribution in [3.8, 4) is 16.9 Å². The molecule has 0 spiro atoms. The summed E-state index contributed by atoms with van der Waals surface area (Å²) in [5.41, 5.74) is 9.28. The van der Waals surface area contributed by atoms with Gasteiger partial charge >= 0.3 is 0 Å². The number of hydrogen-bond acceptors (Lipinski definition) is 4. The van der Waals surface area contributed by atoms with Crippen molar-refractivity contribution in [3.05, 3.63) is 114 Å². The molecule has 5 rings (SSSR count). The van der Waals surface area contributed by atoms with Crippen LogP contribution in [0.15, 0.2) is 96.1 Å². The minimum atomic E-state index is -0.294. The Morgan fingerprint density at radius 2 is 1.59 bits per heavy atom. The third kappa shape index (κ3) is 4.09. The third-order valence-corrected chi connectivity index (χ3v) is 5.74. The SMILES string of the molecule is Cc1nn(-c2ccccc2)c(C)c1C=NNC(=O)c1cc(-c2ccccc2)nc2ccccc12. The summed E-state index contributed by atoms with van der Waals surface area (Å²) in [5, 5.41) is 9.66. The smallest absolute Gasteiger partial charge is 0.267 e. The molecule has 0 aliphatic heterocycles. The van der Waals surface area contributed by atoms with Crippen LogP contribution in [0.2, 0.25) is 0 Å². The molecule has 1 amide bonds. The number of carbonyl (C=O) groups is 1. The second kappa shape index (κ2) is 9.11. The number of benzene rings is 3. The Morgan fingerprint density at radius 3 is 2.35 bits per heavy atom. The van der Waals surface area contributed by atoms with Crippen LogP contribution < -0.4 is 5.43 Å². The fourth-order valence-corrected chi connectivity index (χ4v) is 4.00. The molecule has 0 saturated carbocycles. The first-order valence-corrected chi connectivity index (χ1v) is 11.0. The number of pyridine rings is 1. The Balaban J connectivity index is 1.44. The molecule has 2 heterocycles. The van der Waals surface area contributed by atoms with Gasteiger partial charge in [-0.1, -0.05) is 66.7 Å². The zero-order valence-electron chi connectivity index (χ0n) is 18.9. The summed E-state index contributed by atoms with van der Waals surface area (Å²) >= 11 is 0. The van der Waals surface area contributed by atoms with Gasteiger partial charge in [-0.3, -0.25) is 4.79 Å². The van der Waals surface area contributed by atoms with E-state index < -0.39 is 0 Å². The largest absolute Gasteiger partial charge is 0.272 e. The van der Waals surface area contributed by atoms with Crippen molar-refractivity contribution in [1.82, 2.24) is 20.2 Å². The number of fused-ring (bicyclic) bond motifs is 1. The molecule has 1 N–H and O–H groups in total. The van der Waals surface area contributed by atoms with Crippen molar-refractivity contribution in [2.75, 3.05) is 0 Å². The molecular formula is C28H23N5O. The van der Waals surface area contributed by atoms with Crippen molar-refractivity contribution < 1.29 is 4.79 Å². The van der Waals surface area contributed by atoms with Crippen LogP contribution in [0, 0.1) is 13.8 Å². The van der Waals surface area contributed by atoms with E-state index in [-0.39, 0.29) is 5.91 Å². The van der Waals surface area contributed by atoms with Gasteiger partial charge in [-0.15, -0.1) is 0 Å². The van der Waals surface area contributed by atoms with Crippen LogP contribution in [-0.4, -0.2) is 26.9 Å². The van der Waals surface area contributed by atoms with E-state index in [2.05, 4.69) is 15.6 Å². The molecule has 34 heavy (non-hydrogen) atoms. The summed E-state index contributed by atoms with van der Waals surface area (Å²) in [6.07, 6.45) is 1.65. The van der Waals surface area contributed by atoms with E-state index in [1.54, 1.807) is 6.21 Å². The summed E-state index contributed by atoms with van der Waals surface area (Å²) in [5.74, 6) is -0.294. The van der Waals surface area contributed by atoms with Crippen molar-refractivity contribution in [3.63, 3.8) is 0 Å². The molecule has 0 fully saturated rings. The van der Waals surface area contributed by atoms with Gasteiger partial charge in [-0.05, 0) is 38.1 Å². The number of amides is 1. The highest BCUT2D eigenvalue weighted by Gasteiger charge is 2.14. The molecule has 0 bridgehead atoms. The van der Waals surface area contributed by atoms with Gasteiger partial charge in [0.05, 0.1) is 40.1 Å². The summed E-state index contributed by atoms with van der Waals surface area (Å²) in [4.78, 5) is 17.9. The molecule has 6 heteroatoms. The lowest BCUT2D eigenvalue weighted by Gasteiger charge is -2.09. The Morgan fingerprint density at radius 1 is 0.912 bits per heavy atom. The zero-order chi connectivity index (χ0) is 23.5. The molecule has 166 valence electrons. The van der Waals surface area contributed by atoms with Crippen molar-refractivity contribution in [2.45, 2.75) is 13.8 Å². The number of rotatable bonds is 5. The number of aryl methyl sites for hydroxylation is 1. The lowest BCUT2D eigenvalue weighted by atomic mass is 10.0. The number of para-hydroxylation sites is 2. The highest BCUT2D eigenvalue weighted by molar-refractivity contribution is 6.07. The number of hydrazone groups is 1. The van der Waals surface area contributed by atoms with E-state index in [0.717, 1.165) is 44.8 Å². The van der Waals surface area contributed by atoms with Crippen molar-refractivity contribution in [1.29, 1.82) is 0 Å². The van der Waals surface area contributed by atoms with Gasteiger partial charge < -0.3 is 0 Å². The molecule has 0 unspecified atom stereocenters. The van der Waals surface area contributed by atoms with E-state index in [4.69, 9.17) is 4.98 Å². The molecule has 0 aliphatic carbocycles. The van der Waals surface area contributed by atoms with Gasteiger partial charge in [-0.25, -0.2) is 15.1 Å². The number of carbonyl (C=O) groups excluding carboxylic acids is 1. The Kier molecular flexibility index (Phi) is 5.70. The predicted molar refractivity (Wildman–Crippen MR) is 135 cm³/mol. The molecule has 0 atom stereocenters. The van der Waals surface area contributed by atoms with Crippen LogP contribution >= 0.6 is 0 Å². The number of hydrogen-bond donors (Lipinski definition) is 1. The van der Waals surface area contributed by atoms with Crippen molar-refractivity contribution in [2.24, 2.45) is 5.10 Å². The topological polar surface area (TPSA) is 72.2 Å². The first-order chi connectivity index (χ1) is 16.6. The van der Waals surface area contributed by atoms with Gasteiger partial charge in [0.1, 0.15) is 0 Å². The van der Waals surface area contributed by atoms with Crippen LogP contribution in [0.1, 0.15) is 27.3 Å². The maximum absolute atomic E-state index is 13.2. The quantitative estimate of drug-likeness (QED) is 0.288. The first-order valence-electron chi connectivity index (χ1n) is 11.0. The standard InChI is InChI=1S/C28H23N5O/c1-19-25(20(2)33(32-19)22-13-7-4-8-14-22)18-29-31-28(34)24-17-27(21-11-5-3-6-12-21)30-26-16-10-9-15-23(24)26/h3-18H,1-2H3,(H,31,34). The monoisotopic (exact) mass is 445 g/mol. The van der Waals surface area contributed by atoms with Gasteiger partial charge in [0, 0.05) is 16.5 Å². The van der Waals surface area contributed by atoms with E-state index in [1.807, 2.05) is 110 Å². The van der Waals surface area contributed by atoms with Gasteiger partial charge in [0.25, 0.3) is 5.91 Å². The predicted octanol–water partition coefficient (Wildman–Crippen LogP) is 5.47. The first kappa shape index (κ1) is 21.3. The molecule has 0 saturated heterocycles. The third-order valence-electron chi connectivity index (χ3n) is 5.74. The van der Waals surface area contributed by atoms with E-state index >= 15 is 0 Å². The van der Waals surface area contributed by atoms with Crippen LogP contribution in [-0.2, 0) is 0 Å². The molecular weight excluding hydrogens is 422 g/mol. The lowest BCUT2D eigenvalue weighted by Crippen LogP contribution is -2.18. The molecule has 6 nitrogen and oxygen atoms in total. The summed E-state index contributed by atoms with van der Waals surface area (Å²) in [6, 6.07) is 29.2. The summed E-state index contributed by atoms with van der Waals surface area (Å²) < 4.78 is 1.88. The minimum absolute atomic E-state index is 0.294.